The van der Waals surface area contributed by atoms with Gasteiger partial charge in [0.1, 0.15) is 0 Å². The largest absolute Gasteiger partial charge is 0.303 e. The topological polar surface area (TPSA) is 38.5 Å². The summed E-state index contributed by atoms with van der Waals surface area (Å²) in [4.78, 5) is 6.80. The van der Waals surface area contributed by atoms with Gasteiger partial charge in [0.2, 0.25) is 0 Å². The minimum absolute atomic E-state index is 0.0500. The predicted molar refractivity (Wildman–Crippen MR) is 64.1 cm³/mol. The molecule has 0 heterocycles. The van der Waals surface area contributed by atoms with Crippen molar-refractivity contribution >= 4 is 0 Å². The molecule has 0 spiro atoms. The monoisotopic (exact) mass is 212 g/mol. The third-order valence-electron chi connectivity index (χ3n) is 2.84. The van der Waals surface area contributed by atoms with Crippen LogP contribution in [0.1, 0.15) is 34.1 Å². The highest BCUT2D eigenvalue weighted by Crippen LogP contribution is 2.30. The highest BCUT2D eigenvalue weighted by molar-refractivity contribution is 5.04. The molecule has 0 aliphatic carbocycles. The fourth-order valence-corrected chi connectivity index (χ4v) is 1.76. The van der Waals surface area contributed by atoms with Gasteiger partial charge in [0.25, 0.3) is 0 Å². The normalized spacial score (nSPS) is 12.9. The summed E-state index contributed by atoms with van der Waals surface area (Å²) in [6.07, 6.45) is 6.44. The van der Waals surface area contributed by atoms with Crippen LogP contribution in [-0.4, -0.2) is 30.6 Å². The molecule has 2 N–H and O–H groups in total. The van der Waals surface area contributed by atoms with E-state index >= 15 is 0 Å². The first kappa shape index (κ1) is 14.4. The van der Waals surface area contributed by atoms with Gasteiger partial charge in [0.15, 0.2) is 0 Å². The van der Waals surface area contributed by atoms with Crippen molar-refractivity contribution < 1.29 is 4.84 Å². The van der Waals surface area contributed by atoms with Gasteiger partial charge in [-0.25, -0.2) is 5.90 Å². The molecular formula is C12H24N2O. The Morgan fingerprint density at radius 1 is 1.33 bits per heavy atom. The molecule has 0 aliphatic rings. The average molecular weight is 212 g/mol. The van der Waals surface area contributed by atoms with Crippen molar-refractivity contribution in [2.45, 2.75) is 39.7 Å². The second-order valence-electron chi connectivity index (χ2n) is 5.31. The van der Waals surface area contributed by atoms with E-state index in [0.717, 1.165) is 13.0 Å². The van der Waals surface area contributed by atoms with Gasteiger partial charge in [-0.05, 0) is 41.2 Å². The van der Waals surface area contributed by atoms with Gasteiger partial charge in [-0.2, -0.15) is 0 Å². The molecule has 3 heteroatoms. The van der Waals surface area contributed by atoms with Crippen LogP contribution in [-0.2, 0) is 4.84 Å². The molecule has 0 atom stereocenters. The standard InChI is InChI=1S/C12H24N2O/c1-7-11(2,3)10-12(4,5)14(6)8-9-15-13/h1H,8-10,13H2,2-6H3. The third kappa shape index (κ3) is 5.17. The molecule has 0 radical (unpaired) electrons. The molecule has 88 valence electrons. The van der Waals surface area contributed by atoms with Crippen molar-refractivity contribution in [3.63, 3.8) is 0 Å². The molecule has 0 aromatic carbocycles. The first-order valence-electron chi connectivity index (χ1n) is 5.26. The molecule has 0 aliphatic heterocycles. The molecule has 15 heavy (non-hydrogen) atoms. The molecular weight excluding hydrogens is 188 g/mol. The van der Waals surface area contributed by atoms with E-state index in [2.05, 4.69) is 50.4 Å². The van der Waals surface area contributed by atoms with Crippen LogP contribution < -0.4 is 5.90 Å². The Labute approximate surface area is 93.9 Å². The summed E-state index contributed by atoms with van der Waals surface area (Å²) < 4.78 is 0. The summed E-state index contributed by atoms with van der Waals surface area (Å²) in [5.41, 5.74) is -0.0320. The Morgan fingerprint density at radius 2 is 1.87 bits per heavy atom. The SMILES string of the molecule is C#CC(C)(C)CC(C)(C)N(C)CCON. The summed E-state index contributed by atoms with van der Waals surface area (Å²) in [7, 11) is 2.06. The molecule has 0 saturated heterocycles. The van der Waals surface area contributed by atoms with Gasteiger partial charge in [-0.15, -0.1) is 12.3 Å². The predicted octanol–water partition coefficient (Wildman–Crippen LogP) is 1.64. The molecule has 0 amide bonds. The summed E-state index contributed by atoms with van der Waals surface area (Å²) in [6, 6.07) is 0. The Morgan fingerprint density at radius 3 is 2.27 bits per heavy atom. The lowest BCUT2D eigenvalue weighted by Crippen LogP contribution is -2.45. The fourth-order valence-electron chi connectivity index (χ4n) is 1.76. The molecule has 0 aromatic rings. The zero-order valence-electron chi connectivity index (χ0n) is 10.6. The van der Waals surface area contributed by atoms with Crippen LogP contribution in [0.4, 0.5) is 0 Å². The van der Waals surface area contributed by atoms with E-state index in [-0.39, 0.29) is 11.0 Å². The summed E-state index contributed by atoms with van der Waals surface area (Å²) in [6.45, 7) is 9.88. The van der Waals surface area contributed by atoms with E-state index in [1.165, 1.54) is 0 Å². The first-order valence-corrected chi connectivity index (χ1v) is 5.26. The number of likely N-dealkylation sites (N-methyl/N-ethyl adjacent to an activating group) is 1. The molecule has 0 saturated carbocycles. The van der Waals surface area contributed by atoms with Crippen molar-refractivity contribution in [2.24, 2.45) is 11.3 Å². The Hall–Kier alpha value is -0.560. The Balaban J connectivity index is 4.35. The first-order chi connectivity index (χ1) is 6.75. The van der Waals surface area contributed by atoms with Crippen molar-refractivity contribution in [1.29, 1.82) is 0 Å². The van der Waals surface area contributed by atoms with Crippen LogP contribution in [0.25, 0.3) is 0 Å². The van der Waals surface area contributed by atoms with Gasteiger partial charge < -0.3 is 4.84 Å². The highest BCUT2D eigenvalue weighted by Gasteiger charge is 2.30. The Bertz CT molecular complexity index is 228. The zero-order chi connectivity index (χ0) is 12.1. The smallest absolute Gasteiger partial charge is 0.0806 e. The van der Waals surface area contributed by atoms with Gasteiger partial charge in [0, 0.05) is 17.5 Å². The maximum absolute atomic E-state index is 5.50. The summed E-state index contributed by atoms with van der Waals surface area (Å²) >= 11 is 0. The average Bonchev–Trinajstić information content (AvgIpc) is 2.12. The summed E-state index contributed by atoms with van der Waals surface area (Å²) in [5, 5.41) is 0. The molecule has 0 fully saturated rings. The fraction of sp³-hybridized carbons (Fsp3) is 0.833. The quantitative estimate of drug-likeness (QED) is 0.537. The number of rotatable bonds is 6. The number of nitrogens with zero attached hydrogens (tertiary/aromatic N) is 1. The van der Waals surface area contributed by atoms with E-state index < -0.39 is 0 Å². The molecule has 0 bridgehead atoms. The maximum Gasteiger partial charge on any atom is 0.0806 e. The lowest BCUT2D eigenvalue weighted by molar-refractivity contribution is 0.0601. The van der Waals surface area contributed by atoms with Crippen LogP contribution in [0.2, 0.25) is 0 Å². The number of hydrogen-bond acceptors (Lipinski definition) is 3. The molecule has 0 aromatic heterocycles. The maximum atomic E-state index is 5.50. The Kier molecular flexibility index (Phi) is 5.30. The minimum Gasteiger partial charge on any atom is -0.303 e. The van der Waals surface area contributed by atoms with E-state index in [1.54, 1.807) is 0 Å². The molecule has 0 rings (SSSR count). The van der Waals surface area contributed by atoms with Crippen LogP contribution in [0, 0.1) is 17.8 Å². The van der Waals surface area contributed by atoms with Gasteiger partial charge in [-0.3, -0.25) is 4.90 Å². The molecule has 0 unspecified atom stereocenters. The van der Waals surface area contributed by atoms with Crippen molar-refractivity contribution in [3.8, 4) is 12.3 Å². The van der Waals surface area contributed by atoms with Crippen LogP contribution >= 0.6 is 0 Å². The van der Waals surface area contributed by atoms with E-state index in [0.29, 0.717) is 6.61 Å². The van der Waals surface area contributed by atoms with E-state index in [4.69, 9.17) is 12.3 Å². The second-order valence-corrected chi connectivity index (χ2v) is 5.31. The van der Waals surface area contributed by atoms with Crippen LogP contribution in [0.5, 0.6) is 0 Å². The second kappa shape index (κ2) is 5.50. The van der Waals surface area contributed by atoms with Crippen molar-refractivity contribution in [2.75, 3.05) is 20.2 Å². The third-order valence-corrected chi connectivity index (χ3v) is 2.84. The van der Waals surface area contributed by atoms with Gasteiger partial charge >= 0.3 is 0 Å². The van der Waals surface area contributed by atoms with E-state index in [9.17, 15) is 0 Å². The van der Waals surface area contributed by atoms with Crippen LogP contribution in [0.15, 0.2) is 0 Å². The molecule has 3 nitrogen and oxygen atoms in total. The number of terminal acetylenes is 1. The summed E-state index contributed by atoms with van der Waals surface area (Å²) in [5.74, 6) is 7.84. The number of nitrogens with two attached hydrogens (primary N) is 1. The lowest BCUT2D eigenvalue weighted by atomic mass is 9.80. The zero-order valence-corrected chi connectivity index (χ0v) is 10.6. The van der Waals surface area contributed by atoms with Gasteiger partial charge in [-0.1, -0.05) is 0 Å². The van der Waals surface area contributed by atoms with Crippen molar-refractivity contribution in [1.82, 2.24) is 4.90 Å². The van der Waals surface area contributed by atoms with Crippen LogP contribution in [0.3, 0.4) is 0 Å². The van der Waals surface area contributed by atoms with Crippen molar-refractivity contribution in [3.05, 3.63) is 0 Å². The van der Waals surface area contributed by atoms with Gasteiger partial charge in [0.05, 0.1) is 6.61 Å². The highest BCUT2D eigenvalue weighted by atomic mass is 16.6. The minimum atomic E-state index is -0.0820. The number of hydrogen-bond donors (Lipinski definition) is 1. The lowest BCUT2D eigenvalue weighted by Gasteiger charge is -2.39. The van der Waals surface area contributed by atoms with E-state index in [1.807, 2.05) is 0 Å².